The third kappa shape index (κ3) is 5.83. The zero-order valence-electron chi connectivity index (χ0n) is 17.7. The van der Waals surface area contributed by atoms with E-state index in [2.05, 4.69) is 17.6 Å². The molecule has 3 amide bonds. The van der Waals surface area contributed by atoms with Crippen molar-refractivity contribution in [2.24, 2.45) is 5.92 Å². The minimum Gasteiger partial charge on any atom is -0.388 e. The van der Waals surface area contributed by atoms with Gasteiger partial charge in [0.15, 0.2) is 0 Å². The summed E-state index contributed by atoms with van der Waals surface area (Å²) in [7, 11) is 0. The van der Waals surface area contributed by atoms with E-state index in [9.17, 15) is 14.7 Å². The number of hydrogen-bond donors (Lipinski definition) is 3. The summed E-state index contributed by atoms with van der Waals surface area (Å²) < 4.78 is 0. The molecule has 0 saturated carbocycles. The first-order valence-corrected chi connectivity index (χ1v) is 10.6. The van der Waals surface area contributed by atoms with Crippen molar-refractivity contribution in [3.05, 3.63) is 65.2 Å². The number of likely N-dealkylation sites (tertiary alicyclic amines) is 1. The van der Waals surface area contributed by atoms with Gasteiger partial charge in [-0.1, -0.05) is 37.3 Å². The number of aliphatic hydroxyl groups excluding tert-OH is 1. The molecule has 30 heavy (non-hydrogen) atoms. The van der Waals surface area contributed by atoms with Gasteiger partial charge in [-0.15, -0.1) is 0 Å². The Balaban J connectivity index is 1.49. The van der Waals surface area contributed by atoms with Crippen molar-refractivity contribution < 1.29 is 14.7 Å². The molecule has 0 radical (unpaired) electrons. The number of carbonyl (C=O) groups is 2. The average molecular weight is 410 g/mol. The highest BCUT2D eigenvalue weighted by Crippen LogP contribution is 2.21. The van der Waals surface area contributed by atoms with Crippen molar-refractivity contribution in [3.8, 4) is 0 Å². The van der Waals surface area contributed by atoms with Gasteiger partial charge in [0.05, 0.1) is 6.10 Å². The number of piperidine rings is 1. The van der Waals surface area contributed by atoms with E-state index >= 15 is 0 Å². The van der Waals surface area contributed by atoms with Gasteiger partial charge in [-0.3, -0.25) is 4.79 Å². The molecule has 1 atom stereocenters. The number of benzene rings is 2. The number of hydrogen-bond acceptors (Lipinski definition) is 3. The summed E-state index contributed by atoms with van der Waals surface area (Å²) in [6.07, 6.45) is 1.90. The predicted octanol–water partition coefficient (Wildman–Crippen LogP) is 4.11. The van der Waals surface area contributed by atoms with Crippen LogP contribution in [0.4, 0.5) is 10.5 Å². The van der Waals surface area contributed by atoms with Crippen molar-refractivity contribution in [2.45, 2.75) is 39.2 Å². The first kappa shape index (κ1) is 21.8. The van der Waals surface area contributed by atoms with E-state index < -0.39 is 6.10 Å². The Hall–Kier alpha value is -2.86. The molecule has 1 aliphatic heterocycles. The third-order valence-corrected chi connectivity index (χ3v) is 5.68. The standard InChI is InChI=1S/C24H31N3O3/c1-17-11-14-27(15-12-17)23(29)20-8-9-21(18(2)16-20)26-24(30)25-13-10-22(28)19-6-4-3-5-7-19/h3-9,16-17,22,28H,10-15H2,1-2H3,(H2,25,26,30)/t22-/m1/s1. The van der Waals surface area contributed by atoms with Gasteiger partial charge in [0, 0.05) is 30.9 Å². The number of nitrogens with zero attached hydrogens (tertiary/aromatic N) is 1. The first-order valence-electron chi connectivity index (χ1n) is 10.6. The van der Waals surface area contributed by atoms with E-state index in [0.29, 0.717) is 30.1 Å². The van der Waals surface area contributed by atoms with Gasteiger partial charge in [-0.25, -0.2) is 4.79 Å². The van der Waals surface area contributed by atoms with Gasteiger partial charge in [-0.2, -0.15) is 0 Å². The lowest BCUT2D eigenvalue weighted by Crippen LogP contribution is -2.38. The fourth-order valence-corrected chi connectivity index (χ4v) is 3.66. The lowest BCUT2D eigenvalue weighted by atomic mass is 9.98. The molecule has 0 bridgehead atoms. The van der Waals surface area contributed by atoms with Crippen LogP contribution < -0.4 is 10.6 Å². The van der Waals surface area contributed by atoms with Crippen LogP contribution in [0.25, 0.3) is 0 Å². The molecule has 0 unspecified atom stereocenters. The molecule has 160 valence electrons. The summed E-state index contributed by atoms with van der Waals surface area (Å²) >= 11 is 0. The minimum atomic E-state index is -0.615. The highest BCUT2D eigenvalue weighted by atomic mass is 16.3. The first-order chi connectivity index (χ1) is 14.4. The van der Waals surface area contributed by atoms with Gasteiger partial charge in [0.2, 0.25) is 0 Å². The molecular weight excluding hydrogens is 378 g/mol. The number of carbonyl (C=O) groups excluding carboxylic acids is 2. The van der Waals surface area contributed by atoms with Crippen molar-refractivity contribution in [1.29, 1.82) is 0 Å². The van der Waals surface area contributed by atoms with Gasteiger partial charge in [0.1, 0.15) is 0 Å². The Bertz CT molecular complexity index is 861. The highest BCUT2D eigenvalue weighted by molar-refractivity contribution is 5.96. The van der Waals surface area contributed by atoms with E-state index in [1.54, 1.807) is 12.1 Å². The zero-order chi connectivity index (χ0) is 21.5. The van der Waals surface area contributed by atoms with Crippen LogP contribution in [0.2, 0.25) is 0 Å². The summed E-state index contributed by atoms with van der Waals surface area (Å²) in [5, 5.41) is 15.7. The Labute approximate surface area is 178 Å². The maximum atomic E-state index is 12.7. The fourth-order valence-electron chi connectivity index (χ4n) is 3.66. The third-order valence-electron chi connectivity index (χ3n) is 5.68. The van der Waals surface area contributed by atoms with Crippen LogP contribution in [0.5, 0.6) is 0 Å². The van der Waals surface area contributed by atoms with E-state index in [4.69, 9.17) is 0 Å². The Morgan fingerprint density at radius 1 is 1.13 bits per heavy atom. The molecule has 3 rings (SSSR count). The topological polar surface area (TPSA) is 81.7 Å². The molecule has 0 spiro atoms. The van der Waals surface area contributed by atoms with Crippen LogP contribution in [0.15, 0.2) is 48.5 Å². The van der Waals surface area contributed by atoms with E-state index in [1.165, 1.54) is 0 Å². The normalized spacial score (nSPS) is 15.5. The van der Waals surface area contributed by atoms with E-state index in [-0.39, 0.29) is 11.9 Å². The maximum absolute atomic E-state index is 12.7. The second kappa shape index (κ2) is 10.3. The molecular formula is C24H31N3O3. The molecule has 6 nitrogen and oxygen atoms in total. The Kier molecular flexibility index (Phi) is 7.46. The number of aryl methyl sites for hydroxylation is 1. The molecule has 1 heterocycles. The van der Waals surface area contributed by atoms with Gasteiger partial charge >= 0.3 is 6.03 Å². The molecule has 2 aromatic rings. The molecule has 3 N–H and O–H groups in total. The number of rotatable bonds is 6. The molecule has 0 aromatic heterocycles. The predicted molar refractivity (Wildman–Crippen MR) is 119 cm³/mol. The largest absolute Gasteiger partial charge is 0.388 e. The van der Waals surface area contributed by atoms with Gasteiger partial charge in [0.25, 0.3) is 5.91 Å². The molecule has 6 heteroatoms. The molecule has 1 saturated heterocycles. The van der Waals surface area contributed by atoms with E-state index in [1.807, 2.05) is 48.2 Å². The SMILES string of the molecule is Cc1cc(C(=O)N2CCC(C)CC2)ccc1NC(=O)NCC[C@@H](O)c1ccccc1. The number of urea groups is 1. The Morgan fingerprint density at radius 3 is 2.50 bits per heavy atom. The summed E-state index contributed by atoms with van der Waals surface area (Å²) in [5.41, 5.74) is 2.99. The lowest BCUT2D eigenvalue weighted by molar-refractivity contribution is 0.0697. The molecule has 0 aliphatic carbocycles. The lowest BCUT2D eigenvalue weighted by Gasteiger charge is -2.30. The van der Waals surface area contributed by atoms with Crippen molar-refractivity contribution in [3.63, 3.8) is 0 Å². The Morgan fingerprint density at radius 2 is 1.83 bits per heavy atom. The second-order valence-electron chi connectivity index (χ2n) is 8.10. The van der Waals surface area contributed by atoms with Crippen LogP contribution in [0, 0.1) is 12.8 Å². The molecule has 1 aliphatic rings. The maximum Gasteiger partial charge on any atom is 0.319 e. The number of anilines is 1. The van der Waals surface area contributed by atoms with Crippen LogP contribution in [-0.4, -0.2) is 41.6 Å². The fraction of sp³-hybridized carbons (Fsp3) is 0.417. The van der Waals surface area contributed by atoms with Crippen molar-refractivity contribution >= 4 is 17.6 Å². The number of nitrogens with one attached hydrogen (secondary N) is 2. The van der Waals surface area contributed by atoms with Gasteiger partial charge in [-0.05, 0) is 61.4 Å². The summed E-state index contributed by atoms with van der Waals surface area (Å²) in [6, 6.07) is 14.4. The number of aliphatic hydroxyl groups is 1. The summed E-state index contributed by atoms with van der Waals surface area (Å²) in [4.78, 5) is 26.8. The summed E-state index contributed by atoms with van der Waals surface area (Å²) in [5.74, 6) is 0.727. The van der Waals surface area contributed by atoms with Crippen molar-refractivity contribution in [1.82, 2.24) is 10.2 Å². The molecule has 1 fully saturated rings. The smallest absolute Gasteiger partial charge is 0.319 e. The monoisotopic (exact) mass is 409 g/mol. The summed E-state index contributed by atoms with van der Waals surface area (Å²) in [6.45, 7) is 6.06. The number of amides is 3. The van der Waals surface area contributed by atoms with Crippen LogP contribution >= 0.6 is 0 Å². The minimum absolute atomic E-state index is 0.0518. The molecule has 2 aromatic carbocycles. The van der Waals surface area contributed by atoms with E-state index in [0.717, 1.165) is 37.1 Å². The average Bonchev–Trinajstić information content (AvgIpc) is 2.75. The van der Waals surface area contributed by atoms with Crippen LogP contribution in [0.1, 0.15) is 53.8 Å². The van der Waals surface area contributed by atoms with Crippen LogP contribution in [0.3, 0.4) is 0 Å². The van der Waals surface area contributed by atoms with Gasteiger partial charge < -0.3 is 20.6 Å². The van der Waals surface area contributed by atoms with Crippen molar-refractivity contribution in [2.75, 3.05) is 25.0 Å². The quantitative estimate of drug-likeness (QED) is 0.671. The second-order valence-corrected chi connectivity index (χ2v) is 8.10. The van der Waals surface area contributed by atoms with Crippen LogP contribution in [-0.2, 0) is 0 Å². The highest BCUT2D eigenvalue weighted by Gasteiger charge is 2.21. The zero-order valence-corrected chi connectivity index (χ0v) is 17.7.